The summed E-state index contributed by atoms with van der Waals surface area (Å²) in [5.74, 6) is -0.845. The Morgan fingerprint density at radius 2 is 1.82 bits per heavy atom. The molecule has 0 aliphatic carbocycles. The summed E-state index contributed by atoms with van der Waals surface area (Å²) in [4.78, 5) is 34.8. The Labute approximate surface area is 130 Å². The Balaban J connectivity index is 2.49. The van der Waals surface area contributed by atoms with E-state index < -0.39 is 5.97 Å². The van der Waals surface area contributed by atoms with E-state index in [9.17, 15) is 14.4 Å². The third kappa shape index (κ3) is 6.39. The lowest BCUT2D eigenvalue weighted by atomic mass is 10.2. The van der Waals surface area contributed by atoms with Crippen LogP contribution >= 0.6 is 0 Å². The van der Waals surface area contributed by atoms with Crippen molar-refractivity contribution in [1.82, 2.24) is 5.32 Å². The number of rotatable bonds is 8. The normalized spacial score (nSPS) is 9.91. The quantitative estimate of drug-likeness (QED) is 0.720. The fraction of sp³-hybridized carbons (Fsp3) is 0.438. The molecule has 6 heteroatoms. The Kier molecular flexibility index (Phi) is 7.67. The summed E-state index contributed by atoms with van der Waals surface area (Å²) in [5.41, 5.74) is 0.879. The van der Waals surface area contributed by atoms with Crippen LogP contribution in [0.2, 0.25) is 0 Å². The van der Waals surface area contributed by atoms with E-state index in [-0.39, 0.29) is 24.7 Å². The van der Waals surface area contributed by atoms with Crippen molar-refractivity contribution in [1.29, 1.82) is 0 Å². The Morgan fingerprint density at radius 3 is 2.50 bits per heavy atom. The number of ether oxygens (including phenoxy) is 1. The van der Waals surface area contributed by atoms with Crippen LogP contribution < -0.4 is 10.6 Å². The number of hydrogen-bond acceptors (Lipinski definition) is 4. The molecule has 2 N–H and O–H groups in total. The molecule has 0 aliphatic rings. The second-order valence-electron chi connectivity index (χ2n) is 4.70. The molecule has 0 aliphatic heterocycles. The predicted octanol–water partition coefficient (Wildman–Crippen LogP) is 2.11. The molecule has 0 aromatic heterocycles. The summed E-state index contributed by atoms with van der Waals surface area (Å²) in [6, 6.07) is 6.51. The Morgan fingerprint density at radius 1 is 1.09 bits per heavy atom. The van der Waals surface area contributed by atoms with E-state index in [1.54, 1.807) is 31.2 Å². The van der Waals surface area contributed by atoms with Gasteiger partial charge in [0.05, 0.1) is 12.2 Å². The summed E-state index contributed by atoms with van der Waals surface area (Å²) in [7, 11) is 0. The molecule has 0 saturated carbocycles. The molecule has 1 aromatic carbocycles. The van der Waals surface area contributed by atoms with E-state index >= 15 is 0 Å². The number of carbonyl (C=O) groups is 3. The maximum Gasteiger partial charge on any atom is 0.338 e. The number of anilines is 1. The molecule has 0 spiro atoms. The first-order valence-corrected chi connectivity index (χ1v) is 7.40. The molecule has 6 nitrogen and oxygen atoms in total. The van der Waals surface area contributed by atoms with Gasteiger partial charge in [0.25, 0.3) is 0 Å². The third-order valence-corrected chi connectivity index (χ3v) is 2.81. The highest BCUT2D eigenvalue weighted by Crippen LogP contribution is 2.12. The van der Waals surface area contributed by atoms with Crippen LogP contribution in [0, 0.1) is 0 Å². The number of benzene rings is 1. The van der Waals surface area contributed by atoms with Crippen LogP contribution in [0.5, 0.6) is 0 Å². The smallest absolute Gasteiger partial charge is 0.338 e. The Bertz CT molecular complexity index is 529. The van der Waals surface area contributed by atoms with Gasteiger partial charge in [-0.3, -0.25) is 9.59 Å². The molecule has 0 radical (unpaired) electrons. The minimum atomic E-state index is -0.433. The van der Waals surface area contributed by atoms with Crippen molar-refractivity contribution in [3.63, 3.8) is 0 Å². The molecular formula is C16H22N2O4. The lowest BCUT2D eigenvalue weighted by Gasteiger charge is -2.07. The molecule has 0 atom stereocenters. The molecule has 0 bridgehead atoms. The molecule has 1 rings (SSSR count). The van der Waals surface area contributed by atoms with Gasteiger partial charge < -0.3 is 15.4 Å². The summed E-state index contributed by atoms with van der Waals surface area (Å²) < 4.78 is 4.90. The minimum Gasteiger partial charge on any atom is -0.462 e. The van der Waals surface area contributed by atoms with Crippen LogP contribution in [0.4, 0.5) is 5.69 Å². The van der Waals surface area contributed by atoms with Crippen LogP contribution in [-0.2, 0) is 14.3 Å². The van der Waals surface area contributed by atoms with Crippen molar-refractivity contribution in [3.05, 3.63) is 29.8 Å². The number of hydrogen-bond donors (Lipinski definition) is 2. The van der Waals surface area contributed by atoms with Crippen LogP contribution in [0.25, 0.3) is 0 Å². The van der Waals surface area contributed by atoms with Crippen molar-refractivity contribution in [2.75, 3.05) is 18.5 Å². The fourth-order valence-corrected chi connectivity index (χ4v) is 1.74. The average molecular weight is 306 g/mol. The van der Waals surface area contributed by atoms with Crippen molar-refractivity contribution >= 4 is 23.5 Å². The SMILES string of the molecule is CCCNC(=O)CCC(=O)Nc1cccc(C(=O)OCC)c1. The van der Waals surface area contributed by atoms with Gasteiger partial charge >= 0.3 is 5.97 Å². The van der Waals surface area contributed by atoms with Crippen LogP contribution in [0.15, 0.2) is 24.3 Å². The molecule has 0 fully saturated rings. The second kappa shape index (κ2) is 9.55. The number of nitrogens with one attached hydrogen (secondary N) is 2. The first kappa shape index (κ1) is 17.7. The van der Waals surface area contributed by atoms with E-state index in [1.165, 1.54) is 0 Å². The predicted molar refractivity (Wildman–Crippen MR) is 83.6 cm³/mol. The lowest BCUT2D eigenvalue weighted by molar-refractivity contribution is -0.124. The van der Waals surface area contributed by atoms with E-state index in [0.29, 0.717) is 24.4 Å². The highest BCUT2D eigenvalue weighted by molar-refractivity contribution is 5.95. The van der Waals surface area contributed by atoms with Crippen LogP contribution in [0.3, 0.4) is 0 Å². The minimum absolute atomic E-state index is 0.0964. The monoisotopic (exact) mass is 306 g/mol. The van der Waals surface area contributed by atoms with Gasteiger partial charge in [0, 0.05) is 25.1 Å². The van der Waals surface area contributed by atoms with Gasteiger partial charge in [0.2, 0.25) is 11.8 Å². The van der Waals surface area contributed by atoms with Gasteiger partial charge in [0.15, 0.2) is 0 Å². The van der Waals surface area contributed by atoms with Crippen molar-refractivity contribution in [2.45, 2.75) is 33.1 Å². The Hall–Kier alpha value is -2.37. The standard InChI is InChI=1S/C16H22N2O4/c1-3-10-17-14(19)8-9-15(20)18-13-7-5-6-12(11-13)16(21)22-4-2/h5-7,11H,3-4,8-10H2,1-2H3,(H,17,19)(H,18,20). The van der Waals surface area contributed by atoms with Gasteiger partial charge in [-0.1, -0.05) is 13.0 Å². The lowest BCUT2D eigenvalue weighted by Crippen LogP contribution is -2.25. The van der Waals surface area contributed by atoms with E-state index in [1.807, 2.05) is 6.92 Å². The zero-order chi connectivity index (χ0) is 16.4. The van der Waals surface area contributed by atoms with Gasteiger partial charge in [-0.2, -0.15) is 0 Å². The second-order valence-corrected chi connectivity index (χ2v) is 4.70. The third-order valence-electron chi connectivity index (χ3n) is 2.81. The molecule has 0 heterocycles. The molecule has 0 unspecified atom stereocenters. The first-order chi connectivity index (χ1) is 10.6. The molecule has 120 valence electrons. The van der Waals surface area contributed by atoms with Gasteiger partial charge in [-0.05, 0) is 31.5 Å². The highest BCUT2D eigenvalue weighted by atomic mass is 16.5. The number of esters is 1. The zero-order valence-corrected chi connectivity index (χ0v) is 13.0. The summed E-state index contributed by atoms with van der Waals surface area (Å²) >= 11 is 0. The number of amides is 2. The highest BCUT2D eigenvalue weighted by Gasteiger charge is 2.10. The van der Waals surface area contributed by atoms with E-state index in [4.69, 9.17) is 4.74 Å². The summed E-state index contributed by atoms with van der Waals surface area (Å²) in [6.07, 6.45) is 1.10. The van der Waals surface area contributed by atoms with E-state index in [2.05, 4.69) is 10.6 Å². The first-order valence-electron chi connectivity index (χ1n) is 7.40. The fourth-order valence-electron chi connectivity index (χ4n) is 1.74. The topological polar surface area (TPSA) is 84.5 Å². The number of carbonyl (C=O) groups excluding carboxylic acids is 3. The van der Waals surface area contributed by atoms with Gasteiger partial charge in [0.1, 0.15) is 0 Å². The maximum atomic E-state index is 11.8. The van der Waals surface area contributed by atoms with Crippen LogP contribution in [-0.4, -0.2) is 30.9 Å². The molecule has 0 saturated heterocycles. The van der Waals surface area contributed by atoms with Crippen molar-refractivity contribution in [3.8, 4) is 0 Å². The van der Waals surface area contributed by atoms with Crippen molar-refractivity contribution < 1.29 is 19.1 Å². The van der Waals surface area contributed by atoms with Crippen LogP contribution in [0.1, 0.15) is 43.5 Å². The van der Waals surface area contributed by atoms with E-state index in [0.717, 1.165) is 6.42 Å². The largest absolute Gasteiger partial charge is 0.462 e. The molecule has 2 amide bonds. The zero-order valence-electron chi connectivity index (χ0n) is 13.0. The molecule has 1 aromatic rings. The van der Waals surface area contributed by atoms with Gasteiger partial charge in [-0.25, -0.2) is 4.79 Å². The summed E-state index contributed by atoms with van der Waals surface area (Å²) in [6.45, 7) is 4.60. The summed E-state index contributed by atoms with van der Waals surface area (Å²) in [5, 5.41) is 5.37. The maximum absolute atomic E-state index is 11.8. The average Bonchev–Trinajstić information content (AvgIpc) is 2.51. The molecule has 22 heavy (non-hydrogen) atoms. The molecular weight excluding hydrogens is 284 g/mol. The van der Waals surface area contributed by atoms with Gasteiger partial charge in [-0.15, -0.1) is 0 Å². The van der Waals surface area contributed by atoms with Crippen molar-refractivity contribution in [2.24, 2.45) is 0 Å².